The van der Waals surface area contributed by atoms with E-state index < -0.39 is 0 Å². The van der Waals surface area contributed by atoms with Crippen molar-refractivity contribution in [3.63, 3.8) is 0 Å². The van der Waals surface area contributed by atoms with Gasteiger partial charge in [0.2, 0.25) is 5.91 Å². The zero-order chi connectivity index (χ0) is 24.6. The molecule has 36 heavy (non-hydrogen) atoms. The molecule has 2 saturated heterocycles. The summed E-state index contributed by atoms with van der Waals surface area (Å²) in [6.45, 7) is 4.80. The fourth-order valence-corrected chi connectivity index (χ4v) is 7.79. The van der Waals surface area contributed by atoms with E-state index in [4.69, 9.17) is 15.8 Å². The van der Waals surface area contributed by atoms with E-state index in [1.165, 1.54) is 51.4 Å². The maximum Gasteiger partial charge on any atom is 0.226 e. The van der Waals surface area contributed by atoms with Gasteiger partial charge >= 0.3 is 0 Å². The Labute approximate surface area is 215 Å². The number of aryl methyl sites for hydroxylation is 1. The fourth-order valence-electron chi connectivity index (χ4n) is 7.79. The first-order valence-corrected chi connectivity index (χ1v) is 14.8. The molecule has 0 aromatic carbocycles. The fraction of sp³-hybridized carbons (Fsp3) is 0.759. The number of likely N-dealkylation sites (tertiary alicyclic amines) is 1. The molecular formula is C29H44N6O. The minimum atomic E-state index is 0.0749. The maximum atomic E-state index is 14.2. The number of amides is 1. The summed E-state index contributed by atoms with van der Waals surface area (Å²) in [5.74, 6) is 3.01. The maximum absolute atomic E-state index is 14.2. The summed E-state index contributed by atoms with van der Waals surface area (Å²) in [7, 11) is 0. The van der Waals surface area contributed by atoms with Crippen LogP contribution in [-0.4, -0.2) is 51.1 Å². The number of nitrogens with zero attached hydrogens (tertiary/aromatic N) is 5. The van der Waals surface area contributed by atoms with Crippen LogP contribution < -0.4 is 10.6 Å². The van der Waals surface area contributed by atoms with Crippen LogP contribution in [0.2, 0.25) is 0 Å². The first-order valence-electron chi connectivity index (χ1n) is 14.8. The van der Waals surface area contributed by atoms with Crippen LogP contribution in [0.25, 0.3) is 5.65 Å². The Morgan fingerprint density at radius 2 is 1.72 bits per heavy atom. The Morgan fingerprint density at radius 3 is 2.53 bits per heavy atom. The summed E-state index contributed by atoms with van der Waals surface area (Å²) in [6, 6.07) is 2.43. The average Bonchev–Trinajstić information content (AvgIpc) is 3.54. The molecule has 2 unspecified atom stereocenters. The van der Waals surface area contributed by atoms with Crippen molar-refractivity contribution >= 4 is 17.4 Å². The number of fused-ring (bicyclic) bond motifs is 1. The third kappa shape index (κ3) is 4.64. The molecule has 4 fully saturated rings. The third-order valence-corrected chi connectivity index (χ3v) is 9.67. The standard InChI is InChI=1S/C29H44N6O/c1-20-18-35-27(31-28(20)33-16-14-22(30)19-33)17-25(32-35)26-13-7-8-15-34(26)29(36)24-12-6-5-11-23(24)21-9-3-2-4-10-21/h17-18,21-24,26H,2-16,19,30H2,1H3/t22-,23?,24?,26-/m0/s1. The predicted octanol–water partition coefficient (Wildman–Crippen LogP) is 5.02. The van der Waals surface area contributed by atoms with Crippen LogP contribution in [-0.2, 0) is 4.79 Å². The zero-order valence-electron chi connectivity index (χ0n) is 22.1. The number of hydrogen-bond acceptors (Lipinski definition) is 5. The molecule has 0 radical (unpaired) electrons. The number of nitrogens with two attached hydrogens (primary N) is 1. The lowest BCUT2D eigenvalue weighted by Crippen LogP contribution is -2.46. The largest absolute Gasteiger partial charge is 0.355 e. The van der Waals surface area contributed by atoms with Gasteiger partial charge in [-0.2, -0.15) is 5.10 Å². The Kier molecular flexibility index (Phi) is 6.93. The van der Waals surface area contributed by atoms with Crippen LogP contribution in [0.5, 0.6) is 0 Å². The molecule has 2 aliphatic carbocycles. The van der Waals surface area contributed by atoms with E-state index in [2.05, 4.69) is 29.0 Å². The molecule has 7 heteroatoms. The van der Waals surface area contributed by atoms with Crippen LogP contribution in [0, 0.1) is 24.7 Å². The summed E-state index contributed by atoms with van der Waals surface area (Å²) in [5.41, 5.74) is 9.18. The van der Waals surface area contributed by atoms with Gasteiger partial charge in [0.15, 0.2) is 5.65 Å². The molecule has 2 aliphatic heterocycles. The van der Waals surface area contributed by atoms with Crippen molar-refractivity contribution in [3.05, 3.63) is 23.5 Å². The molecule has 4 heterocycles. The molecule has 196 valence electrons. The van der Waals surface area contributed by atoms with Gasteiger partial charge in [-0.05, 0) is 57.3 Å². The zero-order valence-corrected chi connectivity index (χ0v) is 22.1. The molecule has 6 rings (SSSR count). The molecule has 1 amide bonds. The smallest absolute Gasteiger partial charge is 0.226 e. The molecule has 2 N–H and O–H groups in total. The number of rotatable bonds is 4. The van der Waals surface area contributed by atoms with Gasteiger partial charge in [0.1, 0.15) is 5.82 Å². The molecule has 2 saturated carbocycles. The highest BCUT2D eigenvalue weighted by Crippen LogP contribution is 2.44. The first kappa shape index (κ1) is 24.2. The lowest BCUT2D eigenvalue weighted by atomic mass is 9.67. The van der Waals surface area contributed by atoms with Gasteiger partial charge in [0, 0.05) is 49.4 Å². The topological polar surface area (TPSA) is 79.8 Å². The van der Waals surface area contributed by atoms with Gasteiger partial charge < -0.3 is 15.5 Å². The first-order chi connectivity index (χ1) is 17.6. The van der Waals surface area contributed by atoms with E-state index in [1.54, 1.807) is 0 Å². The Balaban J connectivity index is 1.26. The van der Waals surface area contributed by atoms with Crippen LogP contribution in [0.4, 0.5) is 5.82 Å². The quantitative estimate of drug-likeness (QED) is 0.649. The van der Waals surface area contributed by atoms with Gasteiger partial charge in [-0.25, -0.2) is 9.50 Å². The average molecular weight is 493 g/mol. The summed E-state index contributed by atoms with van der Waals surface area (Å²) >= 11 is 0. The molecule has 2 aromatic rings. The van der Waals surface area contributed by atoms with Gasteiger partial charge in [-0.3, -0.25) is 4.79 Å². The number of carbonyl (C=O) groups excluding carboxylic acids is 1. The number of carbonyl (C=O) groups is 1. The third-order valence-electron chi connectivity index (χ3n) is 9.67. The van der Waals surface area contributed by atoms with E-state index in [0.29, 0.717) is 11.8 Å². The van der Waals surface area contributed by atoms with E-state index in [1.807, 2.05) is 4.52 Å². The molecular weight excluding hydrogens is 448 g/mol. The Bertz CT molecular complexity index is 1080. The van der Waals surface area contributed by atoms with Gasteiger partial charge in [-0.15, -0.1) is 0 Å². The van der Waals surface area contributed by atoms with Gasteiger partial charge in [0.25, 0.3) is 0 Å². The van der Waals surface area contributed by atoms with E-state index in [9.17, 15) is 4.79 Å². The van der Waals surface area contributed by atoms with Crippen molar-refractivity contribution in [3.8, 4) is 0 Å². The number of anilines is 1. The summed E-state index contributed by atoms with van der Waals surface area (Å²) in [5, 5.41) is 4.98. The summed E-state index contributed by atoms with van der Waals surface area (Å²) < 4.78 is 1.92. The van der Waals surface area contributed by atoms with Crippen LogP contribution in [0.15, 0.2) is 12.3 Å². The van der Waals surface area contributed by atoms with Crippen LogP contribution in [0.3, 0.4) is 0 Å². The highest BCUT2D eigenvalue weighted by Gasteiger charge is 2.41. The Hall–Kier alpha value is -2.15. The summed E-state index contributed by atoms with van der Waals surface area (Å²) in [4.78, 5) is 23.7. The predicted molar refractivity (Wildman–Crippen MR) is 143 cm³/mol. The molecule has 0 spiro atoms. The van der Waals surface area contributed by atoms with E-state index >= 15 is 0 Å². The second kappa shape index (κ2) is 10.3. The number of aromatic nitrogens is 3. The van der Waals surface area contributed by atoms with Crippen molar-refractivity contribution in [1.82, 2.24) is 19.5 Å². The van der Waals surface area contributed by atoms with Crippen LogP contribution in [0.1, 0.15) is 101 Å². The highest BCUT2D eigenvalue weighted by atomic mass is 16.2. The normalized spacial score (nSPS) is 30.3. The van der Waals surface area contributed by atoms with Gasteiger partial charge in [-0.1, -0.05) is 44.9 Å². The summed E-state index contributed by atoms with van der Waals surface area (Å²) in [6.07, 6.45) is 18.0. The number of piperidine rings is 1. The van der Waals surface area contributed by atoms with Crippen molar-refractivity contribution < 1.29 is 4.79 Å². The molecule has 7 nitrogen and oxygen atoms in total. The van der Waals surface area contributed by atoms with Crippen molar-refractivity contribution in [1.29, 1.82) is 0 Å². The lowest BCUT2D eigenvalue weighted by molar-refractivity contribution is -0.144. The Morgan fingerprint density at radius 1 is 0.944 bits per heavy atom. The molecule has 4 atom stereocenters. The van der Waals surface area contributed by atoms with Crippen molar-refractivity contribution in [2.75, 3.05) is 24.5 Å². The highest BCUT2D eigenvalue weighted by molar-refractivity contribution is 5.80. The lowest BCUT2D eigenvalue weighted by Gasteiger charge is -2.43. The van der Waals surface area contributed by atoms with Gasteiger partial charge in [0.05, 0.1) is 11.7 Å². The van der Waals surface area contributed by atoms with Crippen molar-refractivity contribution in [2.45, 2.75) is 102 Å². The SMILES string of the molecule is Cc1cn2nc([C@@H]3CCCCN3C(=O)C3CCCCC3C3CCCCC3)cc2nc1N1CC[C@H](N)C1. The van der Waals surface area contributed by atoms with E-state index in [0.717, 1.165) is 80.4 Å². The molecule has 4 aliphatic rings. The molecule has 0 bridgehead atoms. The minimum Gasteiger partial charge on any atom is -0.355 e. The monoisotopic (exact) mass is 492 g/mol. The number of hydrogen-bond donors (Lipinski definition) is 1. The van der Waals surface area contributed by atoms with Crippen LogP contribution >= 0.6 is 0 Å². The second-order valence-electron chi connectivity index (χ2n) is 12.1. The minimum absolute atomic E-state index is 0.0749. The second-order valence-corrected chi connectivity index (χ2v) is 12.1. The molecule has 2 aromatic heterocycles. The van der Waals surface area contributed by atoms with E-state index in [-0.39, 0.29) is 18.0 Å². The van der Waals surface area contributed by atoms with Crippen molar-refractivity contribution in [2.24, 2.45) is 23.5 Å².